The highest BCUT2D eigenvalue weighted by Crippen LogP contribution is 2.25. The van der Waals surface area contributed by atoms with Crippen LogP contribution in [0.1, 0.15) is 11.7 Å². The predicted octanol–water partition coefficient (Wildman–Crippen LogP) is 2.23. The summed E-state index contributed by atoms with van der Waals surface area (Å²) in [4.78, 5) is 0.242. The quantitative estimate of drug-likeness (QED) is 0.919. The number of benzene rings is 1. The Bertz CT molecular complexity index is 636. The van der Waals surface area contributed by atoms with Crippen molar-refractivity contribution in [2.24, 2.45) is 5.73 Å². The molecule has 1 unspecified atom stereocenters. The maximum atomic E-state index is 11.5. The first-order valence-corrected chi connectivity index (χ1v) is 8.53. The molecule has 0 saturated carbocycles. The van der Waals surface area contributed by atoms with Crippen LogP contribution in [-0.2, 0) is 9.84 Å². The lowest BCUT2D eigenvalue weighted by molar-refractivity contribution is 0.214. The van der Waals surface area contributed by atoms with Gasteiger partial charge >= 0.3 is 0 Å². The van der Waals surface area contributed by atoms with Crippen LogP contribution in [0.2, 0.25) is 0 Å². The smallest absolute Gasteiger partial charge is 0.175 e. The Kier molecular flexibility index (Phi) is 4.24. The third-order valence-corrected chi connectivity index (χ3v) is 4.45. The van der Waals surface area contributed by atoms with Crippen LogP contribution in [-0.4, -0.2) is 21.2 Å². The fourth-order valence-electron chi connectivity index (χ4n) is 1.65. The van der Waals surface area contributed by atoms with Crippen LogP contribution < -0.4 is 10.5 Å². The maximum absolute atomic E-state index is 11.5. The first kappa shape index (κ1) is 14.0. The molecule has 19 heavy (non-hydrogen) atoms. The van der Waals surface area contributed by atoms with Gasteiger partial charge in [-0.3, -0.25) is 0 Å². The van der Waals surface area contributed by atoms with Crippen molar-refractivity contribution in [2.45, 2.75) is 11.0 Å². The molecule has 0 saturated heterocycles. The molecule has 2 aromatic rings. The molecule has 0 fully saturated rings. The van der Waals surface area contributed by atoms with E-state index in [0.717, 1.165) is 5.56 Å². The minimum Gasteiger partial charge on any atom is -0.484 e. The van der Waals surface area contributed by atoms with E-state index in [2.05, 4.69) is 0 Å². The summed E-state index contributed by atoms with van der Waals surface area (Å²) < 4.78 is 28.7. The Morgan fingerprint density at radius 2 is 2.16 bits per heavy atom. The molecule has 1 atom stereocenters. The van der Waals surface area contributed by atoms with Crippen molar-refractivity contribution in [1.29, 1.82) is 0 Å². The molecular weight excluding hydrogens is 282 g/mol. The lowest BCUT2D eigenvalue weighted by Crippen LogP contribution is -2.17. The fraction of sp³-hybridized carbons (Fsp3) is 0.231. The molecule has 1 aromatic heterocycles. The monoisotopic (exact) mass is 297 g/mol. The average molecular weight is 297 g/mol. The molecule has 1 heterocycles. The van der Waals surface area contributed by atoms with E-state index < -0.39 is 9.84 Å². The van der Waals surface area contributed by atoms with Gasteiger partial charge in [0.15, 0.2) is 9.84 Å². The third-order valence-electron chi connectivity index (χ3n) is 2.64. The van der Waals surface area contributed by atoms with Gasteiger partial charge in [0.2, 0.25) is 0 Å². The normalized spacial score (nSPS) is 13.2. The van der Waals surface area contributed by atoms with E-state index in [0.29, 0.717) is 12.3 Å². The average Bonchev–Trinajstić information content (AvgIpc) is 2.89. The second-order valence-corrected chi connectivity index (χ2v) is 6.94. The lowest BCUT2D eigenvalue weighted by Gasteiger charge is -2.16. The Morgan fingerprint density at radius 3 is 2.74 bits per heavy atom. The standard InChI is InChI=1S/C13H15NO3S2/c1-19(15,16)12-4-2-3-11(7-12)17-13(8-14)10-5-6-18-9-10/h2-7,9,13H,8,14H2,1H3. The second kappa shape index (κ2) is 5.73. The molecule has 0 aliphatic rings. The summed E-state index contributed by atoms with van der Waals surface area (Å²) in [5.41, 5.74) is 6.69. The van der Waals surface area contributed by atoms with Gasteiger partial charge in [-0.2, -0.15) is 11.3 Å². The zero-order valence-corrected chi connectivity index (χ0v) is 12.1. The molecule has 6 heteroatoms. The van der Waals surface area contributed by atoms with Gasteiger partial charge in [0.05, 0.1) is 4.90 Å². The Hall–Kier alpha value is -1.37. The van der Waals surface area contributed by atoms with E-state index in [9.17, 15) is 8.42 Å². The molecule has 0 radical (unpaired) electrons. The first-order valence-electron chi connectivity index (χ1n) is 5.69. The van der Waals surface area contributed by atoms with Crippen LogP contribution in [0.15, 0.2) is 46.0 Å². The summed E-state index contributed by atoms with van der Waals surface area (Å²) >= 11 is 1.57. The third kappa shape index (κ3) is 3.56. The van der Waals surface area contributed by atoms with Crippen LogP contribution in [0.4, 0.5) is 0 Å². The van der Waals surface area contributed by atoms with Crippen LogP contribution in [0.5, 0.6) is 5.75 Å². The molecule has 0 spiro atoms. The Morgan fingerprint density at radius 1 is 1.37 bits per heavy atom. The molecule has 2 N–H and O–H groups in total. The summed E-state index contributed by atoms with van der Waals surface area (Å²) in [6, 6.07) is 8.40. The highest BCUT2D eigenvalue weighted by Gasteiger charge is 2.14. The second-order valence-electron chi connectivity index (χ2n) is 4.15. The van der Waals surface area contributed by atoms with Crippen LogP contribution in [0, 0.1) is 0 Å². The van der Waals surface area contributed by atoms with Crippen LogP contribution in [0.25, 0.3) is 0 Å². The Labute approximate surface area is 116 Å². The fourth-order valence-corrected chi connectivity index (χ4v) is 3.01. The van der Waals surface area contributed by atoms with E-state index in [1.165, 1.54) is 12.3 Å². The lowest BCUT2D eigenvalue weighted by atomic mass is 10.2. The molecule has 4 nitrogen and oxygen atoms in total. The molecule has 0 bridgehead atoms. The predicted molar refractivity (Wildman–Crippen MR) is 76.3 cm³/mol. The van der Waals surface area contributed by atoms with E-state index >= 15 is 0 Å². The topological polar surface area (TPSA) is 69.4 Å². The number of hydrogen-bond acceptors (Lipinski definition) is 5. The maximum Gasteiger partial charge on any atom is 0.175 e. The summed E-state index contributed by atoms with van der Waals surface area (Å²) in [6.07, 6.45) is 0.909. The van der Waals surface area contributed by atoms with Crippen LogP contribution >= 0.6 is 11.3 Å². The molecule has 0 amide bonds. The van der Waals surface area contributed by atoms with E-state index in [-0.39, 0.29) is 11.0 Å². The van der Waals surface area contributed by atoms with E-state index in [1.807, 2.05) is 16.8 Å². The van der Waals surface area contributed by atoms with Crippen molar-refractivity contribution in [1.82, 2.24) is 0 Å². The number of hydrogen-bond donors (Lipinski definition) is 1. The number of sulfone groups is 1. The van der Waals surface area contributed by atoms with Gasteiger partial charge in [0.25, 0.3) is 0 Å². The van der Waals surface area contributed by atoms with Crippen molar-refractivity contribution in [3.8, 4) is 5.75 Å². The van der Waals surface area contributed by atoms with Crippen molar-refractivity contribution < 1.29 is 13.2 Å². The van der Waals surface area contributed by atoms with Gasteiger partial charge in [-0.15, -0.1) is 0 Å². The summed E-state index contributed by atoms with van der Waals surface area (Å²) in [5.74, 6) is 0.504. The molecule has 2 rings (SSSR count). The van der Waals surface area contributed by atoms with Gasteiger partial charge in [0, 0.05) is 18.4 Å². The van der Waals surface area contributed by atoms with Gasteiger partial charge in [-0.25, -0.2) is 8.42 Å². The van der Waals surface area contributed by atoms with Crippen molar-refractivity contribution >= 4 is 21.2 Å². The SMILES string of the molecule is CS(=O)(=O)c1cccc(OC(CN)c2ccsc2)c1. The van der Waals surface area contributed by atoms with Crippen molar-refractivity contribution in [3.05, 3.63) is 46.7 Å². The minimum absolute atomic E-state index is 0.242. The van der Waals surface area contributed by atoms with Gasteiger partial charge in [0.1, 0.15) is 11.9 Å². The highest BCUT2D eigenvalue weighted by atomic mass is 32.2. The Balaban J connectivity index is 2.23. The van der Waals surface area contributed by atoms with Crippen molar-refractivity contribution in [3.63, 3.8) is 0 Å². The van der Waals surface area contributed by atoms with Crippen molar-refractivity contribution in [2.75, 3.05) is 12.8 Å². The zero-order chi connectivity index (χ0) is 13.9. The number of rotatable bonds is 5. The highest BCUT2D eigenvalue weighted by molar-refractivity contribution is 7.90. The molecule has 0 aliphatic heterocycles. The van der Waals surface area contributed by atoms with E-state index in [1.54, 1.807) is 29.5 Å². The number of ether oxygens (including phenoxy) is 1. The van der Waals surface area contributed by atoms with E-state index in [4.69, 9.17) is 10.5 Å². The van der Waals surface area contributed by atoms with Gasteiger partial charge in [-0.05, 0) is 35.0 Å². The summed E-state index contributed by atoms with van der Waals surface area (Å²) in [7, 11) is -3.23. The summed E-state index contributed by atoms with van der Waals surface area (Å²) in [6.45, 7) is 0.333. The molecular formula is C13H15NO3S2. The molecule has 1 aromatic carbocycles. The summed E-state index contributed by atoms with van der Waals surface area (Å²) in [5, 5.41) is 3.92. The number of thiophene rings is 1. The minimum atomic E-state index is -3.23. The number of nitrogens with two attached hydrogens (primary N) is 1. The van der Waals surface area contributed by atoms with Gasteiger partial charge in [-0.1, -0.05) is 6.07 Å². The zero-order valence-electron chi connectivity index (χ0n) is 10.4. The van der Waals surface area contributed by atoms with Crippen LogP contribution in [0.3, 0.4) is 0 Å². The molecule has 0 aliphatic carbocycles. The first-order chi connectivity index (χ1) is 9.00. The molecule has 102 valence electrons. The largest absolute Gasteiger partial charge is 0.484 e. The van der Waals surface area contributed by atoms with Gasteiger partial charge < -0.3 is 10.5 Å².